The Bertz CT molecular complexity index is 215. The molecule has 0 amide bonds. The van der Waals surface area contributed by atoms with Gasteiger partial charge in [-0.25, -0.2) is 0 Å². The third-order valence-corrected chi connectivity index (χ3v) is 5.06. The van der Waals surface area contributed by atoms with E-state index in [-0.39, 0.29) is 0 Å². The van der Waals surface area contributed by atoms with Crippen LogP contribution in [0.1, 0.15) is 57.8 Å². The minimum absolute atomic E-state index is 0.384. The van der Waals surface area contributed by atoms with Crippen molar-refractivity contribution in [2.45, 2.75) is 63.3 Å². The molecule has 3 aliphatic heterocycles. The summed E-state index contributed by atoms with van der Waals surface area (Å²) in [7, 11) is 0. The minimum Gasteiger partial charge on any atom is -0.396 e. The summed E-state index contributed by atoms with van der Waals surface area (Å²) in [6, 6.07) is 0. The first-order chi connectivity index (χ1) is 8.87. The molecule has 3 heteroatoms. The van der Waals surface area contributed by atoms with E-state index in [9.17, 15) is 0 Å². The molecule has 3 saturated heterocycles. The zero-order valence-electron chi connectivity index (χ0n) is 11.8. The second-order valence-electron chi connectivity index (χ2n) is 6.23. The average molecular weight is 255 g/mol. The normalized spacial score (nSPS) is 34.8. The smallest absolute Gasteiger partial charge is 0.103 e. The minimum atomic E-state index is 0.384. The van der Waals surface area contributed by atoms with E-state index in [1.165, 1.54) is 77.5 Å². The predicted octanol–water partition coefficient (Wildman–Crippen LogP) is 0.730. The first-order valence-electron chi connectivity index (χ1n) is 8.04. The van der Waals surface area contributed by atoms with Gasteiger partial charge in [-0.05, 0) is 32.4 Å². The maximum Gasteiger partial charge on any atom is 0.103 e. The van der Waals surface area contributed by atoms with E-state index in [1.54, 1.807) is 0 Å². The van der Waals surface area contributed by atoms with Gasteiger partial charge in [-0.15, -0.1) is 0 Å². The van der Waals surface area contributed by atoms with Crippen molar-refractivity contribution in [1.29, 1.82) is 0 Å². The first kappa shape index (κ1) is 14.3. The number of aliphatic hydroxyl groups excluding tert-OH is 1. The van der Waals surface area contributed by atoms with Gasteiger partial charge in [0.2, 0.25) is 0 Å². The molecule has 0 bridgehead atoms. The third kappa shape index (κ3) is 3.69. The van der Waals surface area contributed by atoms with Gasteiger partial charge in [-0.3, -0.25) is 0 Å². The third-order valence-electron chi connectivity index (χ3n) is 5.06. The summed E-state index contributed by atoms with van der Waals surface area (Å²) in [6.07, 6.45) is 12.2. The summed E-state index contributed by atoms with van der Waals surface area (Å²) < 4.78 is 0. The lowest BCUT2D eigenvalue weighted by atomic mass is 9.81. The Kier molecular flexibility index (Phi) is 5.93. The molecule has 0 aromatic carbocycles. The fraction of sp³-hybridized carbons (Fsp3) is 1.00. The van der Waals surface area contributed by atoms with Gasteiger partial charge in [0.25, 0.3) is 0 Å². The van der Waals surface area contributed by atoms with Crippen molar-refractivity contribution in [2.75, 3.05) is 32.8 Å². The van der Waals surface area contributed by atoms with Crippen LogP contribution in [0.4, 0.5) is 0 Å². The van der Waals surface area contributed by atoms with Crippen LogP contribution >= 0.6 is 0 Å². The highest BCUT2D eigenvalue weighted by Crippen LogP contribution is 2.28. The lowest BCUT2D eigenvalue weighted by Crippen LogP contribution is -3.24. The molecule has 3 nitrogen and oxygen atoms in total. The summed E-state index contributed by atoms with van der Waals surface area (Å²) >= 11 is 0. The van der Waals surface area contributed by atoms with Gasteiger partial charge in [0.1, 0.15) is 5.54 Å². The molecule has 0 saturated carbocycles. The van der Waals surface area contributed by atoms with E-state index in [1.807, 2.05) is 4.90 Å². The first-order valence-corrected chi connectivity index (χ1v) is 8.04. The van der Waals surface area contributed by atoms with Crippen LogP contribution in [0.15, 0.2) is 0 Å². The summed E-state index contributed by atoms with van der Waals surface area (Å²) in [6.45, 7) is 5.67. The van der Waals surface area contributed by atoms with Crippen LogP contribution in [0.25, 0.3) is 0 Å². The van der Waals surface area contributed by atoms with Crippen LogP contribution in [0, 0.1) is 0 Å². The van der Waals surface area contributed by atoms with Gasteiger partial charge in [0.15, 0.2) is 0 Å². The van der Waals surface area contributed by atoms with Crippen molar-refractivity contribution < 1.29 is 10.0 Å². The van der Waals surface area contributed by atoms with Crippen LogP contribution in [0.3, 0.4) is 0 Å². The van der Waals surface area contributed by atoms with E-state index in [2.05, 4.69) is 5.32 Å². The fourth-order valence-corrected chi connectivity index (χ4v) is 3.81. The van der Waals surface area contributed by atoms with Gasteiger partial charge in [-0.2, -0.15) is 0 Å². The highest BCUT2D eigenvalue weighted by atomic mass is 16.2. The van der Waals surface area contributed by atoms with E-state index >= 15 is 0 Å². The number of rotatable bonds is 3. The van der Waals surface area contributed by atoms with Gasteiger partial charge < -0.3 is 15.3 Å². The lowest BCUT2D eigenvalue weighted by molar-refractivity contribution is -0.983. The molecule has 18 heavy (non-hydrogen) atoms. The van der Waals surface area contributed by atoms with Crippen molar-refractivity contribution in [1.82, 2.24) is 5.32 Å². The van der Waals surface area contributed by atoms with E-state index in [4.69, 9.17) is 5.11 Å². The number of hydrogen-bond acceptors (Lipinski definition) is 2. The largest absolute Gasteiger partial charge is 0.396 e. The molecule has 106 valence electrons. The summed E-state index contributed by atoms with van der Waals surface area (Å²) in [5, 5.41) is 12.1. The molecular weight excluding hydrogens is 224 g/mol. The zero-order chi connectivity index (χ0) is 12.7. The topological polar surface area (TPSA) is 36.7 Å². The molecule has 3 N–H and O–H groups in total. The Labute approximate surface area is 112 Å². The molecule has 0 aliphatic carbocycles. The standard InChI is InChI=1S/C9H17NO.C6H13N/c11-8-2-4-9-3-1-6-10(9)7-5-9;1-2-4-6-7-5-3-1/h11H,1-8H2;7H,1-6H2/p+1. The molecule has 0 spiro atoms. The van der Waals surface area contributed by atoms with Crippen LogP contribution in [0.5, 0.6) is 0 Å². The van der Waals surface area contributed by atoms with E-state index in [0.717, 1.165) is 6.42 Å². The second-order valence-corrected chi connectivity index (χ2v) is 6.23. The average Bonchev–Trinajstić information content (AvgIpc) is 2.63. The number of aliphatic hydroxyl groups is 1. The van der Waals surface area contributed by atoms with Gasteiger partial charge >= 0.3 is 0 Å². The molecule has 2 atom stereocenters. The maximum atomic E-state index is 8.74. The molecule has 0 aromatic heterocycles. The lowest BCUT2D eigenvalue weighted by Gasteiger charge is -2.44. The Hall–Kier alpha value is -0.120. The van der Waals surface area contributed by atoms with E-state index in [0.29, 0.717) is 12.1 Å². The second kappa shape index (κ2) is 7.46. The van der Waals surface area contributed by atoms with Crippen LogP contribution in [-0.2, 0) is 0 Å². The Morgan fingerprint density at radius 3 is 2.28 bits per heavy atom. The van der Waals surface area contributed by atoms with Crippen LogP contribution in [-0.4, -0.2) is 43.4 Å². The zero-order valence-corrected chi connectivity index (χ0v) is 11.8. The van der Waals surface area contributed by atoms with Crippen molar-refractivity contribution in [2.24, 2.45) is 0 Å². The van der Waals surface area contributed by atoms with Crippen molar-refractivity contribution in [3.8, 4) is 0 Å². The molecule has 2 unspecified atom stereocenters. The highest BCUT2D eigenvalue weighted by Gasteiger charge is 2.51. The highest BCUT2D eigenvalue weighted by molar-refractivity contribution is 4.88. The predicted molar refractivity (Wildman–Crippen MR) is 74.9 cm³/mol. The van der Waals surface area contributed by atoms with Crippen LogP contribution in [0.2, 0.25) is 0 Å². The molecular formula is C15H31N2O+. The van der Waals surface area contributed by atoms with Crippen molar-refractivity contribution in [3.63, 3.8) is 0 Å². The number of hydrogen-bond donors (Lipinski definition) is 3. The maximum absolute atomic E-state index is 8.74. The number of fused-ring (bicyclic) bond motifs is 1. The molecule has 0 radical (unpaired) electrons. The number of nitrogens with one attached hydrogen (secondary N) is 2. The van der Waals surface area contributed by atoms with Crippen LogP contribution < -0.4 is 10.2 Å². The summed E-state index contributed by atoms with van der Waals surface area (Å²) in [5.74, 6) is 0. The Balaban J connectivity index is 0.000000149. The van der Waals surface area contributed by atoms with Gasteiger partial charge in [-0.1, -0.05) is 12.8 Å². The number of quaternary nitrogens is 1. The monoisotopic (exact) mass is 255 g/mol. The molecule has 0 aromatic rings. The Morgan fingerprint density at radius 2 is 1.72 bits per heavy atom. The molecule has 3 fully saturated rings. The van der Waals surface area contributed by atoms with Gasteiger partial charge in [0.05, 0.1) is 19.5 Å². The summed E-state index contributed by atoms with van der Waals surface area (Å²) in [4.78, 5) is 1.82. The van der Waals surface area contributed by atoms with Crippen molar-refractivity contribution in [3.05, 3.63) is 0 Å². The van der Waals surface area contributed by atoms with E-state index < -0.39 is 0 Å². The quantitative estimate of drug-likeness (QED) is 0.695. The fourth-order valence-electron chi connectivity index (χ4n) is 3.81. The van der Waals surface area contributed by atoms with Crippen molar-refractivity contribution >= 4 is 0 Å². The molecule has 3 heterocycles. The SMILES string of the molecule is C1CCCNCC1.OCCCC12CCC[NH+]1CC2. The van der Waals surface area contributed by atoms with Gasteiger partial charge in [0, 0.05) is 25.9 Å². The molecule has 3 rings (SSSR count). The summed E-state index contributed by atoms with van der Waals surface area (Å²) in [5.41, 5.74) is 0.642. The Morgan fingerprint density at radius 1 is 0.944 bits per heavy atom. The molecule has 3 aliphatic rings.